The van der Waals surface area contributed by atoms with Crippen molar-refractivity contribution in [2.75, 3.05) is 11.0 Å². The van der Waals surface area contributed by atoms with Crippen molar-refractivity contribution in [2.24, 2.45) is 0 Å². The van der Waals surface area contributed by atoms with E-state index in [1.807, 2.05) is 0 Å². The van der Waals surface area contributed by atoms with E-state index in [0.29, 0.717) is 16.8 Å². The van der Waals surface area contributed by atoms with Gasteiger partial charge in [0.05, 0.1) is 6.26 Å². The van der Waals surface area contributed by atoms with Crippen LogP contribution >= 0.6 is 15.9 Å². The highest BCUT2D eigenvalue weighted by molar-refractivity contribution is 9.10. The van der Waals surface area contributed by atoms with Crippen LogP contribution in [0.25, 0.3) is 0 Å². The second kappa shape index (κ2) is 5.76. The number of ketones is 1. The van der Waals surface area contributed by atoms with Gasteiger partial charge in [-0.15, -0.1) is 0 Å². The first kappa shape index (κ1) is 14.7. The van der Waals surface area contributed by atoms with Crippen LogP contribution in [0.3, 0.4) is 0 Å². The first-order valence-electron chi connectivity index (χ1n) is 5.73. The van der Waals surface area contributed by atoms with E-state index >= 15 is 0 Å². The van der Waals surface area contributed by atoms with Crippen molar-refractivity contribution in [1.29, 1.82) is 0 Å². The number of hydrogen-bond acceptors (Lipinski definition) is 3. The lowest BCUT2D eigenvalue weighted by Gasteiger charge is -2.05. The first-order valence-corrected chi connectivity index (χ1v) is 8.42. The van der Waals surface area contributed by atoms with E-state index in [-0.39, 0.29) is 5.78 Å². The van der Waals surface area contributed by atoms with Crippen molar-refractivity contribution in [2.45, 2.75) is 0 Å². The molecule has 0 radical (unpaired) electrons. The summed E-state index contributed by atoms with van der Waals surface area (Å²) in [5.74, 6) is -0.108. The average Bonchev–Trinajstić information content (AvgIpc) is 2.38. The lowest BCUT2D eigenvalue weighted by molar-refractivity contribution is 0.103. The number of hydrogen-bond donors (Lipinski definition) is 1. The second-order valence-electron chi connectivity index (χ2n) is 4.29. The Morgan fingerprint density at radius 3 is 1.85 bits per heavy atom. The normalized spacial score (nSPS) is 11.1. The molecule has 0 saturated carbocycles. The fourth-order valence-corrected chi connectivity index (χ4v) is 2.50. The first-order chi connectivity index (χ1) is 9.35. The molecule has 0 heterocycles. The summed E-state index contributed by atoms with van der Waals surface area (Å²) in [4.78, 5) is 12.2. The van der Waals surface area contributed by atoms with Crippen molar-refractivity contribution in [3.63, 3.8) is 0 Å². The van der Waals surface area contributed by atoms with Gasteiger partial charge in [-0.25, -0.2) is 8.42 Å². The van der Waals surface area contributed by atoms with Crippen LogP contribution in [-0.4, -0.2) is 20.5 Å². The minimum Gasteiger partial charge on any atom is -0.289 e. The molecule has 0 fully saturated rings. The number of carbonyl (C=O) groups excluding carboxylic acids is 1. The lowest BCUT2D eigenvalue weighted by Crippen LogP contribution is -2.09. The van der Waals surface area contributed by atoms with E-state index in [1.54, 1.807) is 48.5 Å². The number of anilines is 1. The van der Waals surface area contributed by atoms with Crippen LogP contribution in [0, 0.1) is 0 Å². The molecule has 0 unspecified atom stereocenters. The Morgan fingerprint density at radius 2 is 1.40 bits per heavy atom. The molecule has 0 aliphatic heterocycles. The molecule has 0 aromatic heterocycles. The summed E-state index contributed by atoms with van der Waals surface area (Å²) in [7, 11) is -3.31. The van der Waals surface area contributed by atoms with Gasteiger partial charge in [-0.05, 0) is 48.5 Å². The lowest BCUT2D eigenvalue weighted by atomic mass is 10.0. The van der Waals surface area contributed by atoms with Crippen molar-refractivity contribution in [1.82, 2.24) is 0 Å². The maximum atomic E-state index is 12.2. The third-order valence-electron chi connectivity index (χ3n) is 2.56. The van der Waals surface area contributed by atoms with Gasteiger partial charge in [0.2, 0.25) is 10.0 Å². The van der Waals surface area contributed by atoms with E-state index < -0.39 is 10.0 Å². The zero-order valence-corrected chi connectivity index (χ0v) is 13.0. The third-order valence-corrected chi connectivity index (χ3v) is 3.69. The number of nitrogens with one attached hydrogen (secondary N) is 1. The maximum absolute atomic E-state index is 12.2. The zero-order chi connectivity index (χ0) is 14.8. The number of rotatable bonds is 4. The molecule has 2 aromatic carbocycles. The van der Waals surface area contributed by atoms with Crippen LogP contribution in [0.15, 0.2) is 53.0 Å². The Hall–Kier alpha value is -1.66. The van der Waals surface area contributed by atoms with Gasteiger partial charge in [0.1, 0.15) is 0 Å². The Kier molecular flexibility index (Phi) is 4.25. The molecule has 2 rings (SSSR count). The predicted octanol–water partition coefficient (Wildman–Crippen LogP) is 3.05. The van der Waals surface area contributed by atoms with Gasteiger partial charge >= 0.3 is 0 Å². The van der Waals surface area contributed by atoms with Crippen LogP contribution in [0.1, 0.15) is 15.9 Å². The number of halogens is 1. The molecular weight excluding hydrogens is 342 g/mol. The fraction of sp³-hybridized carbons (Fsp3) is 0.0714. The molecule has 0 amide bonds. The highest BCUT2D eigenvalue weighted by atomic mass is 79.9. The summed E-state index contributed by atoms with van der Waals surface area (Å²) in [5.41, 5.74) is 1.52. The molecular formula is C14H12BrNO3S. The van der Waals surface area contributed by atoms with Crippen LogP contribution in [-0.2, 0) is 10.0 Å². The van der Waals surface area contributed by atoms with Gasteiger partial charge in [0.15, 0.2) is 5.78 Å². The van der Waals surface area contributed by atoms with Crippen LogP contribution < -0.4 is 4.72 Å². The molecule has 1 N–H and O–H groups in total. The summed E-state index contributed by atoms with van der Waals surface area (Å²) in [6.45, 7) is 0. The van der Waals surface area contributed by atoms with E-state index in [9.17, 15) is 13.2 Å². The quantitative estimate of drug-likeness (QED) is 0.859. The van der Waals surface area contributed by atoms with Crippen molar-refractivity contribution >= 4 is 37.4 Å². The third kappa shape index (κ3) is 3.91. The molecule has 0 atom stereocenters. The standard InChI is InChI=1S/C14H12BrNO3S/c1-20(18,19)16-13-8-4-11(5-9-13)14(17)10-2-6-12(15)7-3-10/h2-9,16H,1H3. The van der Waals surface area contributed by atoms with Crippen molar-refractivity contribution in [3.8, 4) is 0 Å². The molecule has 6 heteroatoms. The Bertz CT molecular complexity index is 722. The highest BCUT2D eigenvalue weighted by Gasteiger charge is 2.09. The minimum absolute atomic E-state index is 0.108. The second-order valence-corrected chi connectivity index (χ2v) is 6.95. The molecule has 0 aliphatic rings. The molecule has 20 heavy (non-hydrogen) atoms. The molecule has 2 aromatic rings. The summed E-state index contributed by atoms with van der Waals surface area (Å²) in [5, 5.41) is 0. The zero-order valence-electron chi connectivity index (χ0n) is 10.6. The molecule has 4 nitrogen and oxygen atoms in total. The number of sulfonamides is 1. The van der Waals surface area contributed by atoms with Crippen LogP contribution in [0.4, 0.5) is 5.69 Å². The van der Waals surface area contributed by atoms with Crippen molar-refractivity contribution in [3.05, 3.63) is 64.1 Å². The monoisotopic (exact) mass is 353 g/mol. The summed E-state index contributed by atoms with van der Waals surface area (Å²) in [6.07, 6.45) is 1.08. The Morgan fingerprint density at radius 1 is 0.950 bits per heavy atom. The Balaban J connectivity index is 2.21. The molecule has 104 valence electrons. The van der Waals surface area contributed by atoms with Gasteiger partial charge in [-0.2, -0.15) is 0 Å². The van der Waals surface area contributed by atoms with Crippen LogP contribution in [0.5, 0.6) is 0 Å². The summed E-state index contributed by atoms with van der Waals surface area (Å²) in [6, 6.07) is 13.4. The maximum Gasteiger partial charge on any atom is 0.229 e. The Labute approximate surface area is 126 Å². The molecule has 0 aliphatic carbocycles. The SMILES string of the molecule is CS(=O)(=O)Nc1ccc(C(=O)c2ccc(Br)cc2)cc1. The molecule has 0 bridgehead atoms. The highest BCUT2D eigenvalue weighted by Crippen LogP contribution is 2.16. The van der Waals surface area contributed by atoms with E-state index in [4.69, 9.17) is 0 Å². The minimum atomic E-state index is -3.31. The van der Waals surface area contributed by atoms with Gasteiger partial charge in [0.25, 0.3) is 0 Å². The molecule has 0 spiro atoms. The number of benzene rings is 2. The van der Waals surface area contributed by atoms with E-state index in [2.05, 4.69) is 20.7 Å². The smallest absolute Gasteiger partial charge is 0.229 e. The van der Waals surface area contributed by atoms with E-state index in [1.165, 1.54) is 0 Å². The van der Waals surface area contributed by atoms with Gasteiger partial charge < -0.3 is 0 Å². The van der Waals surface area contributed by atoms with Crippen LogP contribution in [0.2, 0.25) is 0 Å². The van der Waals surface area contributed by atoms with Gasteiger partial charge in [-0.1, -0.05) is 15.9 Å². The fourth-order valence-electron chi connectivity index (χ4n) is 1.67. The number of carbonyl (C=O) groups is 1. The predicted molar refractivity (Wildman–Crippen MR) is 82.5 cm³/mol. The van der Waals surface area contributed by atoms with E-state index in [0.717, 1.165) is 10.7 Å². The van der Waals surface area contributed by atoms with Crippen molar-refractivity contribution < 1.29 is 13.2 Å². The van der Waals surface area contributed by atoms with Gasteiger partial charge in [-0.3, -0.25) is 9.52 Å². The topological polar surface area (TPSA) is 63.2 Å². The average molecular weight is 354 g/mol. The largest absolute Gasteiger partial charge is 0.289 e. The van der Waals surface area contributed by atoms with Gasteiger partial charge in [0, 0.05) is 21.3 Å². The summed E-state index contributed by atoms with van der Waals surface area (Å²) < 4.78 is 25.4. The molecule has 0 saturated heterocycles. The summed E-state index contributed by atoms with van der Waals surface area (Å²) >= 11 is 3.31.